The number of nitro groups is 1. The molecule has 0 spiro atoms. The Kier molecular flexibility index (Phi) is 6.79. The lowest BCUT2D eigenvalue weighted by molar-refractivity contribution is -0.384. The van der Waals surface area contributed by atoms with Crippen molar-refractivity contribution >= 4 is 17.3 Å². The number of amides is 1. The first-order chi connectivity index (χ1) is 10.5. The van der Waals surface area contributed by atoms with Gasteiger partial charge in [-0.05, 0) is 12.5 Å². The van der Waals surface area contributed by atoms with Gasteiger partial charge < -0.3 is 15.0 Å². The number of nitriles is 1. The summed E-state index contributed by atoms with van der Waals surface area (Å²) in [6, 6.07) is 5.88. The fourth-order valence-electron chi connectivity index (χ4n) is 1.86. The Balaban J connectivity index is 2.69. The minimum absolute atomic E-state index is 0.0550. The number of nitrogens with one attached hydrogen (secondary N) is 1. The minimum Gasteiger partial charge on any atom is -0.385 e. The fraction of sp³-hybridized carbons (Fsp3) is 0.429. The van der Waals surface area contributed by atoms with E-state index in [2.05, 4.69) is 5.32 Å². The van der Waals surface area contributed by atoms with Crippen LogP contribution in [0.15, 0.2) is 18.2 Å². The van der Waals surface area contributed by atoms with Crippen molar-refractivity contribution in [1.29, 1.82) is 5.26 Å². The number of likely N-dealkylation sites (N-methyl/N-ethyl adjacent to an activating group) is 1. The molecule has 0 fully saturated rings. The highest BCUT2D eigenvalue weighted by molar-refractivity contribution is 5.82. The van der Waals surface area contributed by atoms with Gasteiger partial charge >= 0.3 is 0 Å². The van der Waals surface area contributed by atoms with Gasteiger partial charge in [0.05, 0.1) is 22.7 Å². The van der Waals surface area contributed by atoms with E-state index >= 15 is 0 Å². The Bertz CT molecular complexity index is 583. The van der Waals surface area contributed by atoms with Crippen LogP contribution in [0.4, 0.5) is 11.4 Å². The zero-order valence-electron chi connectivity index (χ0n) is 12.5. The molecular weight excluding hydrogens is 288 g/mol. The van der Waals surface area contributed by atoms with Gasteiger partial charge in [0.15, 0.2) is 0 Å². The third kappa shape index (κ3) is 5.03. The number of nitrogens with zero attached hydrogens (tertiary/aromatic N) is 3. The van der Waals surface area contributed by atoms with Crippen LogP contribution >= 0.6 is 0 Å². The molecule has 0 aromatic heterocycles. The summed E-state index contributed by atoms with van der Waals surface area (Å²) in [6.45, 7) is 1.13. The average Bonchev–Trinajstić information content (AvgIpc) is 2.50. The van der Waals surface area contributed by atoms with Gasteiger partial charge in [-0.25, -0.2) is 0 Å². The highest BCUT2D eigenvalue weighted by atomic mass is 16.6. The number of methoxy groups -OCH3 is 1. The maximum absolute atomic E-state index is 11.8. The number of ether oxygens (including phenoxy) is 1. The zero-order valence-corrected chi connectivity index (χ0v) is 12.5. The molecule has 0 saturated heterocycles. The Morgan fingerprint density at radius 1 is 1.55 bits per heavy atom. The lowest BCUT2D eigenvalue weighted by Gasteiger charge is -2.19. The standard InChI is InChI=1S/C14H18N4O4/c1-17(10-14(19)16-6-3-7-22-2)13-5-4-12(18(20)21)8-11(13)9-15/h4-5,8H,3,6-7,10H2,1-2H3,(H,16,19). The van der Waals surface area contributed by atoms with E-state index in [9.17, 15) is 14.9 Å². The van der Waals surface area contributed by atoms with E-state index in [0.29, 0.717) is 25.3 Å². The smallest absolute Gasteiger partial charge is 0.270 e. The summed E-state index contributed by atoms with van der Waals surface area (Å²) in [7, 11) is 3.24. The molecule has 0 atom stereocenters. The van der Waals surface area contributed by atoms with Gasteiger partial charge in [-0.2, -0.15) is 5.26 Å². The number of benzene rings is 1. The molecule has 0 saturated carbocycles. The summed E-state index contributed by atoms with van der Waals surface area (Å²) in [5.41, 5.74) is 0.474. The van der Waals surface area contributed by atoms with Crippen LogP contribution in [0, 0.1) is 21.4 Å². The first-order valence-corrected chi connectivity index (χ1v) is 6.65. The predicted molar refractivity (Wildman–Crippen MR) is 80.6 cm³/mol. The molecule has 1 rings (SSSR count). The van der Waals surface area contributed by atoms with Gasteiger partial charge in [-0.3, -0.25) is 14.9 Å². The van der Waals surface area contributed by atoms with E-state index in [0.717, 1.165) is 0 Å². The molecule has 0 aliphatic heterocycles. The molecule has 0 radical (unpaired) electrons. The SMILES string of the molecule is COCCCNC(=O)CN(C)c1ccc([N+](=O)[O-])cc1C#N. The first kappa shape index (κ1) is 17.4. The second kappa shape index (κ2) is 8.59. The molecule has 0 heterocycles. The minimum atomic E-state index is -0.562. The van der Waals surface area contributed by atoms with Crippen LogP contribution in [0.1, 0.15) is 12.0 Å². The summed E-state index contributed by atoms with van der Waals surface area (Å²) in [5.74, 6) is -0.194. The number of hydrogen-bond donors (Lipinski definition) is 1. The Hall–Kier alpha value is -2.66. The molecule has 1 aromatic rings. The molecule has 0 unspecified atom stereocenters. The van der Waals surface area contributed by atoms with Crippen molar-refractivity contribution in [3.8, 4) is 6.07 Å². The van der Waals surface area contributed by atoms with E-state index in [1.165, 1.54) is 18.2 Å². The van der Waals surface area contributed by atoms with Crippen molar-refractivity contribution in [3.05, 3.63) is 33.9 Å². The Morgan fingerprint density at radius 2 is 2.27 bits per heavy atom. The van der Waals surface area contributed by atoms with Gasteiger partial charge in [0.2, 0.25) is 5.91 Å². The monoisotopic (exact) mass is 306 g/mol. The maximum atomic E-state index is 11.8. The molecule has 1 aromatic carbocycles. The van der Waals surface area contributed by atoms with Crippen molar-refractivity contribution in [3.63, 3.8) is 0 Å². The summed E-state index contributed by atoms with van der Waals surface area (Å²) in [5, 5.41) is 22.5. The van der Waals surface area contributed by atoms with Crippen LogP contribution in [-0.4, -0.2) is 44.7 Å². The highest BCUT2D eigenvalue weighted by Gasteiger charge is 2.15. The molecule has 1 amide bonds. The topological polar surface area (TPSA) is 108 Å². The van der Waals surface area contributed by atoms with Crippen molar-refractivity contribution < 1.29 is 14.5 Å². The molecule has 22 heavy (non-hydrogen) atoms. The quantitative estimate of drug-likeness (QED) is 0.437. The summed E-state index contributed by atoms with van der Waals surface area (Å²) >= 11 is 0. The van der Waals surface area contributed by atoms with E-state index in [4.69, 9.17) is 10.00 Å². The first-order valence-electron chi connectivity index (χ1n) is 6.65. The van der Waals surface area contributed by atoms with Gasteiger partial charge in [-0.1, -0.05) is 0 Å². The molecule has 8 nitrogen and oxygen atoms in total. The van der Waals surface area contributed by atoms with Gasteiger partial charge in [-0.15, -0.1) is 0 Å². The lowest BCUT2D eigenvalue weighted by Crippen LogP contribution is -2.36. The maximum Gasteiger partial charge on any atom is 0.270 e. The van der Waals surface area contributed by atoms with E-state index in [-0.39, 0.29) is 23.7 Å². The fourth-order valence-corrected chi connectivity index (χ4v) is 1.86. The van der Waals surface area contributed by atoms with Crippen LogP contribution in [0.2, 0.25) is 0 Å². The number of non-ortho nitro benzene ring substituents is 1. The number of carbonyl (C=O) groups is 1. The zero-order chi connectivity index (χ0) is 16.5. The number of anilines is 1. The molecule has 118 valence electrons. The second-order valence-electron chi connectivity index (χ2n) is 4.62. The van der Waals surface area contributed by atoms with Crippen molar-refractivity contribution in [2.45, 2.75) is 6.42 Å². The second-order valence-corrected chi connectivity index (χ2v) is 4.62. The number of carbonyl (C=O) groups excluding carboxylic acids is 1. The van der Waals surface area contributed by atoms with Crippen molar-refractivity contribution in [2.75, 3.05) is 38.8 Å². The largest absolute Gasteiger partial charge is 0.385 e. The van der Waals surface area contributed by atoms with Crippen LogP contribution in [0.5, 0.6) is 0 Å². The van der Waals surface area contributed by atoms with Crippen LogP contribution in [0.25, 0.3) is 0 Å². The van der Waals surface area contributed by atoms with Crippen LogP contribution in [0.3, 0.4) is 0 Å². The van der Waals surface area contributed by atoms with Crippen LogP contribution < -0.4 is 10.2 Å². The number of nitro benzene ring substituents is 1. The number of hydrogen-bond acceptors (Lipinski definition) is 6. The molecule has 0 bridgehead atoms. The van der Waals surface area contributed by atoms with Gasteiger partial charge in [0, 0.05) is 39.4 Å². The highest BCUT2D eigenvalue weighted by Crippen LogP contribution is 2.23. The predicted octanol–water partition coefficient (Wildman–Crippen LogP) is 1.06. The average molecular weight is 306 g/mol. The molecule has 8 heteroatoms. The Morgan fingerprint density at radius 3 is 2.86 bits per heavy atom. The van der Waals surface area contributed by atoms with Gasteiger partial charge in [0.1, 0.15) is 6.07 Å². The molecule has 1 N–H and O–H groups in total. The Labute approximate surface area is 128 Å². The van der Waals surface area contributed by atoms with Crippen molar-refractivity contribution in [1.82, 2.24) is 5.32 Å². The number of rotatable bonds is 8. The third-order valence-corrected chi connectivity index (χ3v) is 2.95. The lowest BCUT2D eigenvalue weighted by atomic mass is 10.1. The van der Waals surface area contributed by atoms with Crippen LogP contribution in [-0.2, 0) is 9.53 Å². The van der Waals surface area contributed by atoms with E-state index in [1.54, 1.807) is 19.1 Å². The molecular formula is C14H18N4O4. The normalized spacial score (nSPS) is 9.86. The summed E-state index contributed by atoms with van der Waals surface area (Å²) in [4.78, 5) is 23.5. The third-order valence-electron chi connectivity index (χ3n) is 2.95. The van der Waals surface area contributed by atoms with E-state index in [1.807, 2.05) is 6.07 Å². The summed E-state index contributed by atoms with van der Waals surface area (Å²) in [6.07, 6.45) is 0.715. The molecule has 0 aliphatic carbocycles. The molecule has 0 aliphatic rings. The van der Waals surface area contributed by atoms with Crippen molar-refractivity contribution in [2.24, 2.45) is 0 Å². The summed E-state index contributed by atoms with van der Waals surface area (Å²) < 4.78 is 4.88. The van der Waals surface area contributed by atoms with Gasteiger partial charge in [0.25, 0.3) is 5.69 Å². The van der Waals surface area contributed by atoms with E-state index < -0.39 is 4.92 Å².